The molecule has 0 aromatic heterocycles. The van der Waals surface area contributed by atoms with Crippen molar-refractivity contribution in [3.63, 3.8) is 0 Å². The van der Waals surface area contributed by atoms with Crippen LogP contribution in [0.3, 0.4) is 0 Å². The van der Waals surface area contributed by atoms with Gasteiger partial charge in [0, 0.05) is 18.8 Å². The molecule has 4 nitrogen and oxygen atoms in total. The maximum absolute atomic E-state index is 13.3. The molecule has 0 saturated heterocycles. The number of nitrogens with zero attached hydrogens (tertiary/aromatic N) is 1. The van der Waals surface area contributed by atoms with Crippen LogP contribution in [0.15, 0.2) is 24.3 Å². The second-order valence-electron chi connectivity index (χ2n) is 4.99. The molecule has 0 aliphatic heterocycles. The predicted octanol–water partition coefficient (Wildman–Crippen LogP) is 1.88. The molecule has 0 amide bonds. The first-order valence-electron chi connectivity index (χ1n) is 6.30. The van der Waals surface area contributed by atoms with Crippen molar-refractivity contribution in [1.82, 2.24) is 0 Å². The van der Waals surface area contributed by atoms with Crippen LogP contribution in [-0.2, 0) is 14.6 Å². The van der Waals surface area contributed by atoms with Gasteiger partial charge in [-0.25, -0.2) is 12.8 Å². The van der Waals surface area contributed by atoms with Crippen LogP contribution in [0.4, 0.5) is 4.39 Å². The molecule has 2 rings (SSSR count). The van der Waals surface area contributed by atoms with Crippen molar-refractivity contribution < 1.29 is 17.5 Å². The van der Waals surface area contributed by atoms with E-state index in [-0.39, 0.29) is 12.4 Å². The zero-order valence-corrected chi connectivity index (χ0v) is 12.2. The fourth-order valence-corrected chi connectivity index (χ4v) is 4.86. The van der Waals surface area contributed by atoms with E-state index in [2.05, 4.69) is 6.07 Å². The number of sulfone groups is 1. The number of nitriles is 1. The number of hydrogen-bond acceptors (Lipinski definition) is 4. The predicted molar refractivity (Wildman–Crippen MR) is 72.3 cm³/mol. The fraction of sp³-hybridized carbons (Fsp3) is 0.500. The van der Waals surface area contributed by atoms with Crippen LogP contribution in [0.5, 0.6) is 0 Å². The molecule has 0 radical (unpaired) electrons. The maximum Gasteiger partial charge on any atom is 0.155 e. The normalized spacial score (nSPS) is 28.9. The van der Waals surface area contributed by atoms with Crippen molar-refractivity contribution in [2.45, 2.75) is 18.1 Å². The van der Waals surface area contributed by atoms with Crippen LogP contribution in [0, 0.1) is 22.6 Å². The van der Waals surface area contributed by atoms with Gasteiger partial charge in [-0.15, -0.1) is 0 Å². The molecule has 3 atom stereocenters. The first-order valence-corrected chi connectivity index (χ1v) is 8.01. The summed E-state index contributed by atoms with van der Waals surface area (Å²) < 4.78 is 42.7. The van der Waals surface area contributed by atoms with Crippen LogP contribution in [-0.4, -0.2) is 33.1 Å². The SMILES string of the molecule is CCS(=O)(=O)[C@H]1[C@@H](c2cccc(F)c2)[C@@]1(C#N)COC. The molecule has 1 aliphatic carbocycles. The molecule has 20 heavy (non-hydrogen) atoms. The van der Waals surface area contributed by atoms with Crippen molar-refractivity contribution in [3.8, 4) is 6.07 Å². The number of hydrogen-bond donors (Lipinski definition) is 0. The highest BCUT2D eigenvalue weighted by Crippen LogP contribution is 2.62. The largest absolute Gasteiger partial charge is 0.383 e. The van der Waals surface area contributed by atoms with E-state index >= 15 is 0 Å². The Bertz CT molecular complexity index is 653. The molecule has 1 fully saturated rings. The summed E-state index contributed by atoms with van der Waals surface area (Å²) in [5.74, 6) is -1.02. The minimum atomic E-state index is -3.40. The molecule has 0 unspecified atom stereocenters. The van der Waals surface area contributed by atoms with Crippen LogP contribution in [0.25, 0.3) is 0 Å². The molecular weight excluding hydrogens is 281 g/mol. The Morgan fingerprint density at radius 3 is 2.70 bits per heavy atom. The van der Waals surface area contributed by atoms with Gasteiger partial charge in [0.05, 0.1) is 17.9 Å². The first kappa shape index (κ1) is 14.9. The van der Waals surface area contributed by atoms with Gasteiger partial charge >= 0.3 is 0 Å². The number of benzene rings is 1. The standard InChI is InChI=1S/C14H16FNO3S/c1-3-20(17,18)13-12(14(13,8-16)9-19-2)10-5-4-6-11(15)7-10/h4-7,12-13H,3,9H2,1-2H3/t12-,13+,14-/m1/s1. The van der Waals surface area contributed by atoms with Crippen molar-refractivity contribution in [2.24, 2.45) is 5.41 Å². The number of rotatable bonds is 5. The highest BCUT2D eigenvalue weighted by molar-refractivity contribution is 7.92. The lowest BCUT2D eigenvalue weighted by Gasteiger charge is -2.07. The minimum absolute atomic E-state index is 0.0224. The topological polar surface area (TPSA) is 67.2 Å². The summed E-state index contributed by atoms with van der Waals surface area (Å²) in [5.41, 5.74) is -0.581. The van der Waals surface area contributed by atoms with E-state index in [9.17, 15) is 18.1 Å². The lowest BCUT2D eigenvalue weighted by Crippen LogP contribution is -2.20. The highest BCUT2D eigenvalue weighted by atomic mass is 32.2. The Kier molecular flexibility index (Phi) is 3.85. The third-order valence-corrected chi connectivity index (χ3v) is 6.12. The van der Waals surface area contributed by atoms with E-state index < -0.39 is 32.2 Å². The zero-order valence-electron chi connectivity index (χ0n) is 11.3. The van der Waals surface area contributed by atoms with Gasteiger partial charge in [-0.1, -0.05) is 19.1 Å². The van der Waals surface area contributed by atoms with Crippen molar-refractivity contribution >= 4 is 9.84 Å². The van der Waals surface area contributed by atoms with E-state index in [0.29, 0.717) is 5.56 Å². The van der Waals surface area contributed by atoms with E-state index in [1.54, 1.807) is 13.0 Å². The summed E-state index contributed by atoms with van der Waals surface area (Å²) in [7, 11) is -1.98. The lowest BCUT2D eigenvalue weighted by molar-refractivity contribution is 0.162. The highest BCUT2D eigenvalue weighted by Gasteiger charge is 2.71. The molecule has 6 heteroatoms. The van der Waals surface area contributed by atoms with Gasteiger partial charge < -0.3 is 4.74 Å². The second-order valence-corrected chi connectivity index (χ2v) is 7.40. The van der Waals surface area contributed by atoms with E-state index in [1.165, 1.54) is 25.3 Å². The smallest absolute Gasteiger partial charge is 0.155 e. The molecule has 1 aliphatic rings. The minimum Gasteiger partial charge on any atom is -0.383 e. The Balaban J connectivity index is 2.48. The molecule has 1 aromatic carbocycles. The molecule has 1 saturated carbocycles. The number of ether oxygens (including phenoxy) is 1. The van der Waals surface area contributed by atoms with Gasteiger partial charge in [0.15, 0.2) is 9.84 Å². The molecule has 0 spiro atoms. The van der Waals surface area contributed by atoms with Crippen LogP contribution >= 0.6 is 0 Å². The Hall–Kier alpha value is -1.45. The quantitative estimate of drug-likeness (QED) is 0.832. The summed E-state index contributed by atoms with van der Waals surface area (Å²) >= 11 is 0. The van der Waals surface area contributed by atoms with E-state index in [4.69, 9.17) is 4.74 Å². The van der Waals surface area contributed by atoms with Crippen molar-refractivity contribution in [3.05, 3.63) is 35.6 Å². The van der Waals surface area contributed by atoms with Gasteiger partial charge in [0.2, 0.25) is 0 Å². The summed E-state index contributed by atoms with van der Waals surface area (Å²) in [5, 5.41) is 8.60. The monoisotopic (exact) mass is 297 g/mol. The Morgan fingerprint density at radius 1 is 1.50 bits per heavy atom. The van der Waals surface area contributed by atoms with Crippen LogP contribution in [0.2, 0.25) is 0 Å². The summed E-state index contributed by atoms with van der Waals surface area (Å²) in [4.78, 5) is 0. The number of methoxy groups -OCH3 is 1. The third kappa shape index (κ3) is 2.21. The molecule has 0 N–H and O–H groups in total. The van der Waals surface area contributed by atoms with Gasteiger partial charge in [-0.05, 0) is 17.7 Å². The molecule has 0 bridgehead atoms. The van der Waals surface area contributed by atoms with Crippen LogP contribution < -0.4 is 0 Å². The molecular formula is C14H16FNO3S. The molecule has 0 heterocycles. The van der Waals surface area contributed by atoms with Gasteiger partial charge in [0.1, 0.15) is 11.2 Å². The second kappa shape index (κ2) is 5.15. The maximum atomic E-state index is 13.3. The third-order valence-electron chi connectivity index (χ3n) is 3.84. The summed E-state index contributed by atoms with van der Waals surface area (Å²) in [6.07, 6.45) is 0. The first-order chi connectivity index (χ1) is 9.43. The number of halogens is 1. The Morgan fingerprint density at radius 2 is 2.20 bits per heavy atom. The van der Waals surface area contributed by atoms with Gasteiger partial charge in [-0.3, -0.25) is 0 Å². The summed E-state index contributed by atoms with van der Waals surface area (Å²) in [6.45, 7) is 1.57. The average Bonchev–Trinajstić information content (AvgIpc) is 3.09. The average molecular weight is 297 g/mol. The molecule has 108 valence electrons. The lowest BCUT2D eigenvalue weighted by atomic mass is 10.0. The summed E-state index contributed by atoms with van der Waals surface area (Å²) in [6, 6.07) is 7.84. The van der Waals surface area contributed by atoms with E-state index in [1.807, 2.05) is 0 Å². The fourth-order valence-electron chi connectivity index (χ4n) is 2.86. The van der Waals surface area contributed by atoms with Gasteiger partial charge in [-0.2, -0.15) is 5.26 Å². The van der Waals surface area contributed by atoms with Crippen molar-refractivity contribution in [1.29, 1.82) is 5.26 Å². The van der Waals surface area contributed by atoms with Crippen LogP contribution in [0.1, 0.15) is 18.4 Å². The zero-order chi connectivity index (χ0) is 15.0. The molecule has 1 aromatic rings. The van der Waals surface area contributed by atoms with Gasteiger partial charge in [0.25, 0.3) is 0 Å². The Labute approximate surface area is 118 Å². The van der Waals surface area contributed by atoms with E-state index in [0.717, 1.165) is 0 Å². The van der Waals surface area contributed by atoms with Crippen molar-refractivity contribution in [2.75, 3.05) is 19.5 Å².